The summed E-state index contributed by atoms with van der Waals surface area (Å²) in [5.74, 6) is 2.10. The van der Waals surface area contributed by atoms with Gasteiger partial charge in [0, 0.05) is 12.6 Å². The summed E-state index contributed by atoms with van der Waals surface area (Å²) in [7, 11) is 2.36. The maximum absolute atomic E-state index is 4.64. The molecule has 2 rings (SSSR count). The average Bonchev–Trinajstić information content (AvgIpc) is 2.88. The van der Waals surface area contributed by atoms with Crippen molar-refractivity contribution in [3.8, 4) is 0 Å². The molecular weight excluding hydrogens is 238 g/mol. The van der Waals surface area contributed by atoms with Gasteiger partial charge >= 0.3 is 0 Å². The Kier molecular flexibility index (Phi) is 5.44. The highest BCUT2D eigenvalue weighted by Crippen LogP contribution is 2.40. The molecular formula is C16H31NS. The van der Waals surface area contributed by atoms with E-state index in [1.54, 1.807) is 0 Å². The molecule has 0 saturated heterocycles. The summed E-state index contributed by atoms with van der Waals surface area (Å²) in [5.41, 5.74) is 0.541. The first-order valence-electron chi connectivity index (χ1n) is 8.00. The largest absolute Gasteiger partial charge is 0.303 e. The van der Waals surface area contributed by atoms with Crippen molar-refractivity contribution in [2.75, 3.05) is 19.3 Å². The summed E-state index contributed by atoms with van der Waals surface area (Å²) in [5, 5.41) is 0. The SMILES string of the molecule is CCC1CCC(N(C)CC2(CS)CCCC2)CC1. The molecule has 0 aliphatic heterocycles. The maximum Gasteiger partial charge on any atom is 0.00926 e. The number of hydrogen-bond donors (Lipinski definition) is 1. The molecule has 2 aliphatic rings. The molecule has 0 spiro atoms. The fourth-order valence-corrected chi connectivity index (χ4v) is 4.56. The van der Waals surface area contributed by atoms with Gasteiger partial charge < -0.3 is 4.90 Å². The van der Waals surface area contributed by atoms with E-state index in [0.29, 0.717) is 5.41 Å². The summed E-state index contributed by atoms with van der Waals surface area (Å²) >= 11 is 4.64. The van der Waals surface area contributed by atoms with Crippen LogP contribution in [0.15, 0.2) is 0 Å². The van der Waals surface area contributed by atoms with E-state index < -0.39 is 0 Å². The monoisotopic (exact) mass is 269 g/mol. The van der Waals surface area contributed by atoms with Gasteiger partial charge in [-0.05, 0) is 62.7 Å². The lowest BCUT2D eigenvalue weighted by Crippen LogP contribution is -2.42. The molecule has 106 valence electrons. The number of thiol groups is 1. The summed E-state index contributed by atoms with van der Waals surface area (Å²) < 4.78 is 0. The fraction of sp³-hybridized carbons (Fsp3) is 1.00. The molecule has 0 heterocycles. The zero-order chi connectivity index (χ0) is 13.0. The fourth-order valence-electron chi connectivity index (χ4n) is 4.14. The van der Waals surface area contributed by atoms with Crippen molar-refractivity contribution < 1.29 is 0 Å². The van der Waals surface area contributed by atoms with Crippen LogP contribution in [0.4, 0.5) is 0 Å². The van der Waals surface area contributed by atoms with Crippen LogP contribution >= 0.6 is 12.6 Å². The maximum atomic E-state index is 4.64. The van der Waals surface area contributed by atoms with Crippen LogP contribution in [-0.4, -0.2) is 30.3 Å². The van der Waals surface area contributed by atoms with Gasteiger partial charge in [-0.25, -0.2) is 0 Å². The van der Waals surface area contributed by atoms with Gasteiger partial charge in [-0.2, -0.15) is 12.6 Å². The van der Waals surface area contributed by atoms with Crippen LogP contribution in [0.5, 0.6) is 0 Å². The van der Waals surface area contributed by atoms with Gasteiger partial charge in [-0.15, -0.1) is 0 Å². The van der Waals surface area contributed by atoms with E-state index in [-0.39, 0.29) is 0 Å². The minimum absolute atomic E-state index is 0.541. The van der Waals surface area contributed by atoms with Crippen molar-refractivity contribution in [2.45, 2.75) is 70.8 Å². The molecule has 2 aliphatic carbocycles. The highest BCUT2D eigenvalue weighted by atomic mass is 32.1. The molecule has 0 bridgehead atoms. The lowest BCUT2D eigenvalue weighted by Gasteiger charge is -2.39. The molecule has 2 heteroatoms. The molecule has 2 saturated carbocycles. The van der Waals surface area contributed by atoms with Gasteiger partial charge in [-0.1, -0.05) is 26.2 Å². The van der Waals surface area contributed by atoms with Crippen molar-refractivity contribution in [3.05, 3.63) is 0 Å². The smallest absolute Gasteiger partial charge is 0.00926 e. The van der Waals surface area contributed by atoms with Crippen LogP contribution < -0.4 is 0 Å². The molecule has 2 fully saturated rings. The van der Waals surface area contributed by atoms with Crippen molar-refractivity contribution in [1.29, 1.82) is 0 Å². The Labute approximate surface area is 119 Å². The third-order valence-electron chi connectivity index (χ3n) is 5.60. The molecule has 0 amide bonds. The summed E-state index contributed by atoms with van der Waals surface area (Å²) in [6.45, 7) is 3.64. The van der Waals surface area contributed by atoms with Crippen molar-refractivity contribution in [1.82, 2.24) is 4.90 Å². The first-order chi connectivity index (χ1) is 8.69. The Morgan fingerprint density at radius 1 is 1.11 bits per heavy atom. The number of hydrogen-bond acceptors (Lipinski definition) is 2. The van der Waals surface area contributed by atoms with Gasteiger partial charge in [0.25, 0.3) is 0 Å². The Bertz CT molecular complexity index is 239. The lowest BCUT2D eigenvalue weighted by molar-refractivity contribution is 0.114. The minimum Gasteiger partial charge on any atom is -0.303 e. The summed E-state index contributed by atoms with van der Waals surface area (Å²) in [6, 6.07) is 0.852. The summed E-state index contributed by atoms with van der Waals surface area (Å²) in [4.78, 5) is 2.67. The highest BCUT2D eigenvalue weighted by Gasteiger charge is 2.35. The summed E-state index contributed by atoms with van der Waals surface area (Å²) in [6.07, 6.45) is 12.8. The Morgan fingerprint density at radius 3 is 2.22 bits per heavy atom. The molecule has 0 aromatic carbocycles. The zero-order valence-electron chi connectivity index (χ0n) is 12.3. The van der Waals surface area contributed by atoms with Crippen LogP contribution in [0, 0.1) is 11.3 Å². The van der Waals surface area contributed by atoms with Gasteiger partial charge in [0.1, 0.15) is 0 Å². The molecule has 18 heavy (non-hydrogen) atoms. The number of rotatable bonds is 5. The van der Waals surface area contributed by atoms with E-state index in [9.17, 15) is 0 Å². The van der Waals surface area contributed by atoms with Crippen LogP contribution in [0.1, 0.15) is 64.7 Å². The first kappa shape index (κ1) is 14.7. The van der Waals surface area contributed by atoms with Gasteiger partial charge in [0.2, 0.25) is 0 Å². The normalized spacial score (nSPS) is 32.0. The van der Waals surface area contributed by atoms with Crippen molar-refractivity contribution in [3.63, 3.8) is 0 Å². The van der Waals surface area contributed by atoms with Gasteiger partial charge in [0.05, 0.1) is 0 Å². The third kappa shape index (κ3) is 3.45. The second kappa shape index (κ2) is 6.65. The lowest BCUT2D eigenvalue weighted by atomic mass is 9.82. The molecule has 0 aromatic rings. The van der Waals surface area contributed by atoms with E-state index in [0.717, 1.165) is 17.7 Å². The molecule has 0 radical (unpaired) electrons. The molecule has 0 unspecified atom stereocenters. The second-order valence-electron chi connectivity index (χ2n) is 6.86. The molecule has 0 aromatic heterocycles. The minimum atomic E-state index is 0.541. The van der Waals surface area contributed by atoms with Crippen molar-refractivity contribution in [2.24, 2.45) is 11.3 Å². The first-order valence-corrected chi connectivity index (χ1v) is 8.63. The predicted octanol–water partition coefficient (Wildman–Crippen LogP) is 4.38. The van der Waals surface area contributed by atoms with E-state index in [2.05, 4.69) is 31.5 Å². The van der Waals surface area contributed by atoms with Crippen LogP contribution in [0.2, 0.25) is 0 Å². The van der Waals surface area contributed by atoms with Crippen LogP contribution in [0.3, 0.4) is 0 Å². The van der Waals surface area contributed by atoms with Gasteiger partial charge in [-0.3, -0.25) is 0 Å². The zero-order valence-corrected chi connectivity index (χ0v) is 13.2. The highest BCUT2D eigenvalue weighted by molar-refractivity contribution is 7.80. The van der Waals surface area contributed by atoms with Gasteiger partial charge in [0.15, 0.2) is 0 Å². The standard InChI is InChI=1S/C16H31NS/c1-3-14-6-8-15(9-7-14)17(2)12-16(13-18)10-4-5-11-16/h14-15,18H,3-13H2,1-2H3. The Hall–Kier alpha value is 0.310. The predicted molar refractivity (Wildman–Crippen MR) is 83.4 cm³/mol. The number of nitrogens with zero attached hydrogens (tertiary/aromatic N) is 1. The van der Waals surface area contributed by atoms with E-state index in [1.165, 1.54) is 64.3 Å². The second-order valence-corrected chi connectivity index (χ2v) is 7.18. The topological polar surface area (TPSA) is 3.24 Å². The van der Waals surface area contributed by atoms with E-state index in [4.69, 9.17) is 0 Å². The Morgan fingerprint density at radius 2 is 1.72 bits per heavy atom. The molecule has 0 atom stereocenters. The molecule has 0 N–H and O–H groups in total. The van der Waals surface area contributed by atoms with E-state index in [1.807, 2.05) is 0 Å². The van der Waals surface area contributed by atoms with E-state index >= 15 is 0 Å². The third-order valence-corrected chi connectivity index (χ3v) is 6.27. The Balaban J connectivity index is 1.82. The van der Waals surface area contributed by atoms with Crippen LogP contribution in [0.25, 0.3) is 0 Å². The van der Waals surface area contributed by atoms with Crippen LogP contribution in [-0.2, 0) is 0 Å². The quantitative estimate of drug-likeness (QED) is 0.725. The van der Waals surface area contributed by atoms with Crippen molar-refractivity contribution >= 4 is 12.6 Å². The molecule has 1 nitrogen and oxygen atoms in total. The average molecular weight is 269 g/mol.